The van der Waals surface area contributed by atoms with Crippen molar-refractivity contribution >= 4 is 15.9 Å². The van der Waals surface area contributed by atoms with E-state index >= 15 is 0 Å². The van der Waals surface area contributed by atoms with Crippen LogP contribution in [0.5, 0.6) is 0 Å². The van der Waals surface area contributed by atoms with Gasteiger partial charge in [0.25, 0.3) is 0 Å². The van der Waals surface area contributed by atoms with Crippen molar-refractivity contribution in [3.8, 4) is 0 Å². The minimum Gasteiger partial charge on any atom is -0.207 e. The normalized spacial score (nSPS) is 13.9. The molecule has 1 aromatic carbocycles. The molecule has 15 heavy (non-hydrogen) atoms. The first-order valence-electron chi connectivity index (χ1n) is 5.27. The molecule has 1 atom stereocenters. The summed E-state index contributed by atoms with van der Waals surface area (Å²) in [4.78, 5) is 0.501. The van der Waals surface area contributed by atoms with Crippen LogP contribution in [-0.2, 0) is 6.42 Å². The monoisotopic (exact) mass is 272 g/mol. The van der Waals surface area contributed by atoms with Crippen LogP contribution in [0.15, 0.2) is 24.3 Å². The fourth-order valence-electron chi connectivity index (χ4n) is 2.03. The van der Waals surface area contributed by atoms with Crippen LogP contribution in [0.2, 0.25) is 0 Å². The van der Waals surface area contributed by atoms with E-state index in [0.717, 1.165) is 18.4 Å². The van der Waals surface area contributed by atoms with Gasteiger partial charge in [-0.3, -0.25) is 0 Å². The molecule has 0 radical (unpaired) electrons. The molecule has 1 rings (SSSR count). The van der Waals surface area contributed by atoms with Crippen LogP contribution in [0.4, 0.5) is 4.39 Å². The van der Waals surface area contributed by atoms with Gasteiger partial charge in [0.15, 0.2) is 0 Å². The molecule has 0 nitrogen and oxygen atoms in total. The molecule has 0 bridgehead atoms. The topological polar surface area (TPSA) is 0 Å². The van der Waals surface area contributed by atoms with Gasteiger partial charge in [-0.15, -0.1) is 0 Å². The summed E-state index contributed by atoms with van der Waals surface area (Å²) in [5, 5.41) is 0. The van der Waals surface area contributed by atoms with Gasteiger partial charge in [0.2, 0.25) is 0 Å². The molecule has 2 heteroatoms. The summed E-state index contributed by atoms with van der Waals surface area (Å²) in [5.41, 5.74) is 1.28. The molecule has 1 unspecified atom stereocenters. The molecule has 0 N–H and O–H groups in total. The lowest BCUT2D eigenvalue weighted by molar-refractivity contribution is 0.334. The van der Waals surface area contributed by atoms with E-state index in [1.54, 1.807) is 12.1 Å². The number of alkyl halides is 1. The molecule has 0 heterocycles. The zero-order valence-corrected chi connectivity index (χ0v) is 11.1. The van der Waals surface area contributed by atoms with Crippen molar-refractivity contribution in [1.29, 1.82) is 0 Å². The van der Waals surface area contributed by atoms with E-state index in [9.17, 15) is 4.39 Å². The van der Waals surface area contributed by atoms with Crippen molar-refractivity contribution in [2.24, 2.45) is 5.41 Å². The highest BCUT2D eigenvalue weighted by Gasteiger charge is 2.20. The number of hydrogen-bond acceptors (Lipinski definition) is 0. The summed E-state index contributed by atoms with van der Waals surface area (Å²) in [7, 11) is 0. The maximum atomic E-state index is 13.0. The Morgan fingerprint density at radius 2 is 2.07 bits per heavy atom. The second-order valence-electron chi connectivity index (χ2n) is 4.96. The van der Waals surface area contributed by atoms with Crippen LogP contribution in [0.3, 0.4) is 0 Å². The molecule has 0 fully saturated rings. The van der Waals surface area contributed by atoms with Gasteiger partial charge in [-0.05, 0) is 36.0 Å². The van der Waals surface area contributed by atoms with E-state index in [1.807, 2.05) is 6.07 Å². The van der Waals surface area contributed by atoms with Crippen molar-refractivity contribution < 1.29 is 4.39 Å². The highest BCUT2D eigenvalue weighted by Crippen LogP contribution is 2.29. The Kier molecular flexibility index (Phi) is 4.32. The number of hydrogen-bond donors (Lipinski definition) is 0. The average Bonchev–Trinajstić information content (AvgIpc) is 1.99. The molecule has 84 valence electrons. The Hall–Kier alpha value is -0.370. The number of rotatable bonds is 4. The predicted molar refractivity (Wildman–Crippen MR) is 66.9 cm³/mol. The van der Waals surface area contributed by atoms with Crippen LogP contribution < -0.4 is 0 Å². The zero-order valence-electron chi connectivity index (χ0n) is 9.56. The van der Waals surface area contributed by atoms with Gasteiger partial charge >= 0.3 is 0 Å². The van der Waals surface area contributed by atoms with Gasteiger partial charge in [-0.2, -0.15) is 0 Å². The fourth-order valence-corrected chi connectivity index (χ4v) is 2.91. The van der Waals surface area contributed by atoms with Gasteiger partial charge < -0.3 is 0 Å². The van der Waals surface area contributed by atoms with Crippen molar-refractivity contribution in [3.63, 3.8) is 0 Å². The van der Waals surface area contributed by atoms with Crippen LogP contribution >= 0.6 is 15.9 Å². The second-order valence-corrected chi connectivity index (χ2v) is 6.52. The van der Waals surface area contributed by atoms with Crippen LogP contribution in [0.25, 0.3) is 0 Å². The van der Waals surface area contributed by atoms with E-state index in [1.165, 1.54) is 6.07 Å². The molecule has 1 aromatic rings. The predicted octanol–water partition coefficient (Wildman–Crippen LogP) is 4.57. The maximum absolute atomic E-state index is 13.0. The van der Waals surface area contributed by atoms with E-state index in [2.05, 4.69) is 36.7 Å². The molecule has 0 aliphatic carbocycles. The third-order valence-electron chi connectivity index (χ3n) is 2.41. The SMILES string of the molecule is CC(Br)CC(C)(C)Cc1cccc(F)c1. The lowest BCUT2D eigenvalue weighted by atomic mass is 9.82. The highest BCUT2D eigenvalue weighted by atomic mass is 79.9. The minimum atomic E-state index is -0.143. The number of halogens is 2. The maximum Gasteiger partial charge on any atom is 0.123 e. The van der Waals surface area contributed by atoms with Gasteiger partial charge in [-0.1, -0.05) is 48.8 Å². The molecule has 0 aliphatic heterocycles. The minimum absolute atomic E-state index is 0.143. The van der Waals surface area contributed by atoms with E-state index < -0.39 is 0 Å². The molecular formula is C13H18BrF. The summed E-state index contributed by atoms with van der Waals surface area (Å²) in [6.07, 6.45) is 2.00. The smallest absolute Gasteiger partial charge is 0.123 e. The van der Waals surface area contributed by atoms with E-state index in [4.69, 9.17) is 0 Å². The van der Waals surface area contributed by atoms with Gasteiger partial charge in [0.1, 0.15) is 5.82 Å². The first kappa shape index (κ1) is 12.7. The summed E-state index contributed by atoms with van der Waals surface area (Å²) < 4.78 is 13.0. The van der Waals surface area contributed by atoms with Crippen molar-refractivity contribution in [2.45, 2.75) is 38.4 Å². The second kappa shape index (κ2) is 5.11. The molecule has 0 aliphatic rings. The Morgan fingerprint density at radius 3 is 2.60 bits per heavy atom. The summed E-state index contributed by atoms with van der Waals surface area (Å²) in [5.74, 6) is -0.143. The third-order valence-corrected chi connectivity index (χ3v) is 2.73. The quantitative estimate of drug-likeness (QED) is 0.705. The molecule has 0 amide bonds. The van der Waals surface area contributed by atoms with Crippen LogP contribution in [0.1, 0.15) is 32.8 Å². The van der Waals surface area contributed by atoms with E-state index in [-0.39, 0.29) is 11.2 Å². The zero-order chi connectivity index (χ0) is 11.5. The summed E-state index contributed by atoms with van der Waals surface area (Å²) in [6.45, 7) is 6.58. The Bertz CT molecular complexity index is 318. The third kappa shape index (κ3) is 4.78. The molecule has 0 spiro atoms. The van der Waals surface area contributed by atoms with Gasteiger partial charge in [-0.25, -0.2) is 4.39 Å². The lowest BCUT2D eigenvalue weighted by Crippen LogP contribution is -2.18. The first-order valence-corrected chi connectivity index (χ1v) is 6.19. The average molecular weight is 273 g/mol. The Morgan fingerprint density at radius 1 is 1.40 bits per heavy atom. The Balaban J connectivity index is 2.68. The molecule has 0 aromatic heterocycles. The lowest BCUT2D eigenvalue weighted by Gasteiger charge is -2.26. The molecular weight excluding hydrogens is 255 g/mol. The molecule has 0 saturated heterocycles. The molecule has 0 saturated carbocycles. The first-order chi connectivity index (χ1) is 6.89. The summed E-state index contributed by atoms with van der Waals surface area (Å²) in [6, 6.07) is 6.88. The Labute approximate surface area is 100 Å². The van der Waals surface area contributed by atoms with Crippen LogP contribution in [-0.4, -0.2) is 4.83 Å². The standard InChI is InChI=1S/C13H18BrF/c1-10(14)8-13(2,3)9-11-5-4-6-12(15)7-11/h4-7,10H,8-9H2,1-3H3. The summed E-state index contributed by atoms with van der Waals surface area (Å²) >= 11 is 3.56. The van der Waals surface area contributed by atoms with Crippen molar-refractivity contribution in [1.82, 2.24) is 0 Å². The highest BCUT2D eigenvalue weighted by molar-refractivity contribution is 9.09. The fraction of sp³-hybridized carbons (Fsp3) is 0.538. The van der Waals surface area contributed by atoms with Gasteiger partial charge in [0.05, 0.1) is 0 Å². The van der Waals surface area contributed by atoms with E-state index in [0.29, 0.717) is 4.83 Å². The van der Waals surface area contributed by atoms with Crippen LogP contribution in [0, 0.1) is 11.2 Å². The van der Waals surface area contributed by atoms with Gasteiger partial charge in [0, 0.05) is 4.83 Å². The largest absolute Gasteiger partial charge is 0.207 e. The van der Waals surface area contributed by atoms with Crippen molar-refractivity contribution in [2.75, 3.05) is 0 Å². The van der Waals surface area contributed by atoms with Crippen molar-refractivity contribution in [3.05, 3.63) is 35.6 Å². The number of benzene rings is 1.